The Labute approximate surface area is 161 Å². The molecule has 0 saturated carbocycles. The van der Waals surface area contributed by atoms with E-state index >= 15 is 0 Å². The summed E-state index contributed by atoms with van der Waals surface area (Å²) in [5.74, 6) is 0.678. The van der Waals surface area contributed by atoms with Gasteiger partial charge in [0.2, 0.25) is 0 Å². The van der Waals surface area contributed by atoms with Crippen molar-refractivity contribution in [1.29, 1.82) is 0 Å². The van der Waals surface area contributed by atoms with Crippen molar-refractivity contribution in [3.8, 4) is 5.75 Å². The number of hydrogen-bond acceptors (Lipinski definition) is 4. The number of benzene rings is 3. The monoisotopic (exact) mass is 482 g/mol. The molecule has 3 rings (SSSR count). The summed E-state index contributed by atoms with van der Waals surface area (Å²) in [7, 11) is -2.28. The Bertz CT molecular complexity index is 970. The van der Waals surface area contributed by atoms with Gasteiger partial charge in [-0.05, 0) is 0 Å². The predicted molar refractivity (Wildman–Crippen MR) is 110 cm³/mol. The van der Waals surface area contributed by atoms with Crippen molar-refractivity contribution >= 4 is 30.4 Å². The zero-order chi connectivity index (χ0) is 18.6. The molecular formula is C20H19IO4S. The van der Waals surface area contributed by atoms with E-state index in [-0.39, 0.29) is 4.90 Å². The molecule has 0 aliphatic heterocycles. The van der Waals surface area contributed by atoms with Gasteiger partial charge in [0.1, 0.15) is 0 Å². The van der Waals surface area contributed by atoms with E-state index in [2.05, 4.69) is 0 Å². The van der Waals surface area contributed by atoms with Crippen LogP contribution in [0.3, 0.4) is 0 Å². The molecule has 3 aromatic rings. The van der Waals surface area contributed by atoms with Gasteiger partial charge in [0.25, 0.3) is 0 Å². The summed E-state index contributed by atoms with van der Waals surface area (Å²) in [4.78, 5) is 0.171. The van der Waals surface area contributed by atoms with Crippen molar-refractivity contribution < 1.29 is 15.7 Å². The molecule has 0 bridgehead atoms. The summed E-state index contributed by atoms with van der Waals surface area (Å²) >= 11 is -2.69. The molecule has 0 N–H and O–H groups in total. The molecule has 0 aliphatic rings. The molecule has 0 spiro atoms. The number of rotatable bonds is 6. The van der Waals surface area contributed by atoms with Crippen LogP contribution in [0, 0.1) is 14.1 Å². The molecule has 0 radical (unpaired) electrons. The fraction of sp³-hybridized carbons (Fsp3) is 0.100. The average molecular weight is 482 g/mol. The van der Waals surface area contributed by atoms with Crippen molar-refractivity contribution in [2.24, 2.45) is 0 Å². The fourth-order valence-corrected chi connectivity index (χ4v) is 9.31. The number of methoxy groups -OCH3 is 1. The summed E-state index contributed by atoms with van der Waals surface area (Å²) in [6.45, 7) is 1.91. The van der Waals surface area contributed by atoms with E-state index in [0.29, 0.717) is 5.75 Å². The minimum absolute atomic E-state index is 0.171. The zero-order valence-electron chi connectivity index (χ0n) is 14.4. The fourth-order valence-electron chi connectivity index (χ4n) is 2.25. The van der Waals surface area contributed by atoms with E-state index in [4.69, 9.17) is 7.25 Å². The van der Waals surface area contributed by atoms with Crippen LogP contribution in [-0.4, -0.2) is 15.5 Å². The molecule has 136 valence electrons. The molecule has 0 fully saturated rings. The van der Waals surface area contributed by atoms with Crippen LogP contribution in [0.2, 0.25) is 0 Å². The summed E-state index contributed by atoms with van der Waals surface area (Å²) < 4.78 is 38.5. The predicted octanol–water partition coefficient (Wildman–Crippen LogP) is 4.87. The first-order chi connectivity index (χ1) is 12.5. The second-order valence-corrected chi connectivity index (χ2v) is 12.0. The molecule has 26 heavy (non-hydrogen) atoms. The first-order valence-corrected chi connectivity index (χ1v) is 12.3. The maximum atomic E-state index is 12.8. The van der Waals surface area contributed by atoms with Gasteiger partial charge in [0.05, 0.1) is 0 Å². The third-order valence-corrected chi connectivity index (χ3v) is 10.9. The van der Waals surface area contributed by atoms with Gasteiger partial charge < -0.3 is 0 Å². The Morgan fingerprint density at radius 2 is 1.46 bits per heavy atom. The normalized spacial score (nSPS) is 11.8. The van der Waals surface area contributed by atoms with Gasteiger partial charge in [-0.25, -0.2) is 0 Å². The molecule has 0 unspecified atom stereocenters. The molecule has 4 nitrogen and oxygen atoms in total. The van der Waals surface area contributed by atoms with Crippen LogP contribution in [0.5, 0.6) is 5.75 Å². The van der Waals surface area contributed by atoms with Crippen LogP contribution in [0.1, 0.15) is 5.56 Å². The second kappa shape index (κ2) is 8.20. The van der Waals surface area contributed by atoms with Gasteiger partial charge in [-0.3, -0.25) is 0 Å². The zero-order valence-corrected chi connectivity index (χ0v) is 17.4. The van der Waals surface area contributed by atoms with E-state index in [1.807, 2.05) is 61.5 Å². The van der Waals surface area contributed by atoms with Crippen LogP contribution in [0.4, 0.5) is 0 Å². The van der Waals surface area contributed by atoms with Crippen molar-refractivity contribution in [2.75, 3.05) is 7.11 Å². The Morgan fingerprint density at radius 1 is 0.808 bits per heavy atom. The van der Waals surface area contributed by atoms with E-state index in [9.17, 15) is 8.42 Å². The molecule has 0 amide bonds. The Kier molecular flexibility index (Phi) is 5.95. The van der Waals surface area contributed by atoms with Crippen LogP contribution in [0.25, 0.3) is 0 Å². The summed E-state index contributed by atoms with van der Waals surface area (Å²) in [6, 6.07) is 23.6. The first kappa shape index (κ1) is 18.9. The van der Waals surface area contributed by atoms with Crippen LogP contribution >= 0.6 is 20.2 Å². The Hall–Kier alpha value is -1.90. The maximum absolute atomic E-state index is 12.8. The Balaban J connectivity index is 2.02. The minimum atomic E-state index is -3.86. The number of hydrogen-bond donors (Lipinski definition) is 0. The number of halogens is 1. The summed E-state index contributed by atoms with van der Waals surface area (Å²) in [5.41, 5.74) is 0.996. The summed E-state index contributed by atoms with van der Waals surface area (Å²) in [5, 5.41) is 0. The van der Waals surface area contributed by atoms with Crippen LogP contribution < -0.4 is 4.74 Å². The standard InChI is InChI=1S/C20H19IO4S/c1-16-11-13-20(14-12-16)26(22,23)25-21(17-7-4-3-5-8-17)18-9-6-10-19(15-18)24-2/h3-15H,1-2H3. The Morgan fingerprint density at radius 3 is 2.12 bits per heavy atom. The van der Waals surface area contributed by atoms with Gasteiger partial charge in [-0.1, -0.05) is 0 Å². The van der Waals surface area contributed by atoms with Crippen LogP contribution in [-0.2, 0) is 12.6 Å². The molecule has 0 atom stereocenters. The quantitative estimate of drug-likeness (QED) is 0.471. The molecular weight excluding hydrogens is 463 g/mol. The van der Waals surface area contributed by atoms with Crippen molar-refractivity contribution in [3.63, 3.8) is 0 Å². The van der Waals surface area contributed by atoms with Crippen molar-refractivity contribution in [2.45, 2.75) is 11.8 Å². The number of ether oxygens (including phenoxy) is 1. The average Bonchev–Trinajstić information content (AvgIpc) is 2.67. The van der Waals surface area contributed by atoms with Crippen molar-refractivity contribution in [1.82, 2.24) is 0 Å². The van der Waals surface area contributed by atoms with E-state index in [1.54, 1.807) is 31.4 Å². The van der Waals surface area contributed by atoms with Crippen LogP contribution in [0.15, 0.2) is 83.8 Å². The van der Waals surface area contributed by atoms with Crippen molar-refractivity contribution in [3.05, 3.63) is 91.6 Å². The topological polar surface area (TPSA) is 52.6 Å². The third-order valence-electron chi connectivity index (χ3n) is 3.62. The molecule has 6 heteroatoms. The molecule has 0 heterocycles. The molecule has 0 aliphatic carbocycles. The molecule has 0 saturated heterocycles. The molecule has 3 aromatic carbocycles. The van der Waals surface area contributed by atoms with Gasteiger partial charge in [0.15, 0.2) is 0 Å². The third kappa shape index (κ3) is 4.44. The van der Waals surface area contributed by atoms with Gasteiger partial charge in [-0.15, -0.1) is 0 Å². The molecule has 0 aromatic heterocycles. The number of aryl methyl sites for hydroxylation is 1. The van der Waals surface area contributed by atoms with Gasteiger partial charge >= 0.3 is 162 Å². The van der Waals surface area contributed by atoms with Gasteiger partial charge in [-0.2, -0.15) is 0 Å². The van der Waals surface area contributed by atoms with E-state index < -0.39 is 30.4 Å². The van der Waals surface area contributed by atoms with Gasteiger partial charge in [0, 0.05) is 0 Å². The van der Waals surface area contributed by atoms with E-state index in [0.717, 1.165) is 12.7 Å². The SMILES string of the molecule is COc1cccc(I(OS(=O)(=O)c2ccc(C)cc2)c2ccccc2)c1. The summed E-state index contributed by atoms with van der Waals surface area (Å²) in [6.07, 6.45) is 0. The van der Waals surface area contributed by atoms with E-state index in [1.165, 1.54) is 0 Å². The second-order valence-electron chi connectivity index (χ2n) is 5.54. The first-order valence-electron chi connectivity index (χ1n) is 7.90.